The number of methoxy groups -OCH3 is 4. The van der Waals surface area contributed by atoms with Crippen LogP contribution in [0.3, 0.4) is 0 Å². The Kier molecular flexibility index (Phi) is 9.18. The van der Waals surface area contributed by atoms with Gasteiger partial charge in [-0.3, -0.25) is 0 Å². The zero-order valence-corrected chi connectivity index (χ0v) is 18.9. The molecule has 0 bridgehead atoms. The van der Waals surface area contributed by atoms with Gasteiger partial charge in [-0.15, -0.1) is 0 Å². The van der Waals surface area contributed by atoms with E-state index in [9.17, 15) is 0 Å². The zero-order chi connectivity index (χ0) is 19.8. The van der Waals surface area contributed by atoms with Crippen molar-refractivity contribution in [2.24, 2.45) is 0 Å². The van der Waals surface area contributed by atoms with Gasteiger partial charge < -0.3 is 18.9 Å². The lowest BCUT2D eigenvalue weighted by Gasteiger charge is -2.15. The van der Waals surface area contributed by atoms with Crippen LogP contribution in [0.2, 0.25) is 0 Å². The summed E-state index contributed by atoms with van der Waals surface area (Å²) in [6.45, 7) is 4.04. The second-order valence-electron chi connectivity index (χ2n) is 5.57. The molecule has 0 aliphatic heterocycles. The molecule has 2 atom stereocenters. The van der Waals surface area contributed by atoms with Gasteiger partial charge in [0, 0.05) is 24.0 Å². The number of thioether (sulfide) groups is 2. The van der Waals surface area contributed by atoms with Crippen molar-refractivity contribution in [2.45, 2.75) is 44.3 Å². The molecule has 2 aromatic carbocycles. The fourth-order valence-electron chi connectivity index (χ4n) is 2.21. The maximum atomic E-state index is 5.60. The second-order valence-corrected chi connectivity index (χ2v) is 9.40. The van der Waals surface area contributed by atoms with E-state index in [2.05, 4.69) is 24.3 Å². The highest BCUT2D eigenvalue weighted by atomic mass is 32.2. The molecule has 0 saturated heterocycles. The van der Waals surface area contributed by atoms with Crippen LogP contribution in [0.25, 0.3) is 0 Å². The Hall–Kier alpha value is -0.990. The third kappa shape index (κ3) is 6.54. The van der Waals surface area contributed by atoms with Crippen LogP contribution < -0.4 is 9.47 Å². The van der Waals surface area contributed by atoms with Crippen LogP contribution in [0, 0.1) is 0 Å². The second kappa shape index (κ2) is 11.1. The predicted octanol–water partition coefficient (Wildman–Crippen LogP) is 6.02. The van der Waals surface area contributed by atoms with Crippen molar-refractivity contribution in [1.29, 1.82) is 0 Å². The Morgan fingerprint density at radius 2 is 1.07 bits per heavy atom. The van der Waals surface area contributed by atoms with Gasteiger partial charge in [0.15, 0.2) is 0 Å². The summed E-state index contributed by atoms with van der Waals surface area (Å²) in [5, 5.41) is 0. The van der Waals surface area contributed by atoms with Crippen molar-refractivity contribution in [2.75, 3.05) is 28.4 Å². The summed E-state index contributed by atoms with van der Waals surface area (Å²) in [5.41, 5.74) is 0.181. The first-order valence-corrected chi connectivity index (χ1v) is 11.0. The molecule has 0 spiro atoms. The van der Waals surface area contributed by atoms with Gasteiger partial charge in [-0.1, -0.05) is 35.3 Å². The van der Waals surface area contributed by atoms with E-state index in [1.807, 2.05) is 26.0 Å². The van der Waals surface area contributed by atoms with E-state index in [0.29, 0.717) is 0 Å². The Bertz CT molecular complexity index is 678. The summed E-state index contributed by atoms with van der Waals surface area (Å²) < 4.78 is 21.8. The molecule has 0 amide bonds. The highest BCUT2D eigenvalue weighted by Gasteiger charge is 2.13. The average molecular weight is 427 g/mol. The summed E-state index contributed by atoms with van der Waals surface area (Å²) >= 11 is 4.94. The van der Waals surface area contributed by atoms with Crippen molar-refractivity contribution >= 4 is 35.3 Å². The highest BCUT2D eigenvalue weighted by molar-refractivity contribution is 8.00. The van der Waals surface area contributed by atoms with Crippen LogP contribution in [-0.4, -0.2) is 39.3 Å². The summed E-state index contributed by atoms with van der Waals surface area (Å²) in [5.74, 6) is 1.67. The molecule has 4 nitrogen and oxygen atoms in total. The van der Waals surface area contributed by atoms with Crippen LogP contribution in [0.4, 0.5) is 0 Å². The zero-order valence-electron chi connectivity index (χ0n) is 16.5. The molecule has 0 heterocycles. The molecule has 2 rings (SSSR count). The molecule has 0 radical (unpaired) electrons. The molecule has 0 aliphatic carbocycles. The van der Waals surface area contributed by atoms with E-state index in [0.717, 1.165) is 31.1 Å². The summed E-state index contributed by atoms with van der Waals surface area (Å²) in [4.78, 5) is 4.29. The number of ether oxygens (including phenoxy) is 4. The Morgan fingerprint density at radius 3 is 1.41 bits per heavy atom. The van der Waals surface area contributed by atoms with E-state index < -0.39 is 0 Å². The van der Waals surface area contributed by atoms with Crippen LogP contribution in [0.5, 0.6) is 11.5 Å². The van der Waals surface area contributed by atoms with E-state index in [1.165, 1.54) is 0 Å². The quantitative estimate of drug-likeness (QED) is 0.339. The van der Waals surface area contributed by atoms with E-state index in [-0.39, 0.29) is 10.9 Å². The number of hydrogen-bond donors (Lipinski definition) is 0. The normalized spacial score (nSPS) is 13.3. The molecule has 7 heteroatoms. The van der Waals surface area contributed by atoms with E-state index in [1.54, 1.807) is 63.7 Å². The van der Waals surface area contributed by atoms with Crippen LogP contribution in [0.1, 0.15) is 13.8 Å². The molecule has 148 valence electrons. The molecular formula is C20H26O4S3. The van der Waals surface area contributed by atoms with E-state index >= 15 is 0 Å². The van der Waals surface area contributed by atoms with E-state index in [4.69, 9.17) is 18.9 Å². The lowest BCUT2D eigenvalue weighted by molar-refractivity contribution is 0.187. The van der Waals surface area contributed by atoms with Crippen LogP contribution >= 0.6 is 35.3 Å². The Labute approximate surface area is 174 Å². The van der Waals surface area contributed by atoms with Crippen molar-refractivity contribution in [3.63, 3.8) is 0 Å². The average Bonchev–Trinajstić information content (AvgIpc) is 2.69. The summed E-state index contributed by atoms with van der Waals surface area (Å²) in [6, 6.07) is 12.4. The lowest BCUT2D eigenvalue weighted by Crippen LogP contribution is -1.98. The minimum absolute atomic E-state index is 0.0906. The van der Waals surface area contributed by atoms with Gasteiger partial charge in [-0.25, -0.2) is 0 Å². The molecule has 2 aromatic rings. The molecule has 0 saturated carbocycles. The van der Waals surface area contributed by atoms with Gasteiger partial charge in [0.2, 0.25) is 0 Å². The molecule has 2 unspecified atom stereocenters. The van der Waals surface area contributed by atoms with Gasteiger partial charge in [-0.2, -0.15) is 0 Å². The minimum atomic E-state index is 0.0906. The molecule has 0 aromatic heterocycles. The number of rotatable bonds is 10. The maximum absolute atomic E-state index is 5.60. The molecule has 0 fully saturated rings. The highest BCUT2D eigenvalue weighted by Crippen LogP contribution is 2.42. The van der Waals surface area contributed by atoms with Crippen molar-refractivity contribution in [3.05, 3.63) is 36.4 Å². The van der Waals surface area contributed by atoms with Gasteiger partial charge in [0.05, 0.1) is 24.0 Å². The fraction of sp³-hybridized carbons (Fsp3) is 0.400. The molecule has 0 aliphatic rings. The standard InChI is InChI=1S/C20H26O4S3/c1-13(21-3)25-15-7-9-19(17(11-15)23-5)27-20-10-8-16(12-18(20)24-6)26-14(2)22-4/h7-14H,1-6H3. The summed E-state index contributed by atoms with van der Waals surface area (Å²) in [6.07, 6.45) is 0. The van der Waals surface area contributed by atoms with Crippen molar-refractivity contribution in [3.8, 4) is 11.5 Å². The molecular weight excluding hydrogens is 400 g/mol. The first-order valence-electron chi connectivity index (χ1n) is 8.43. The SMILES string of the molecule is COc1cc(SC(C)OC)ccc1Sc1ccc(SC(C)OC)cc1OC. The van der Waals surface area contributed by atoms with Crippen molar-refractivity contribution < 1.29 is 18.9 Å². The maximum Gasteiger partial charge on any atom is 0.133 e. The van der Waals surface area contributed by atoms with Crippen molar-refractivity contribution in [1.82, 2.24) is 0 Å². The molecule has 0 N–H and O–H groups in total. The predicted molar refractivity (Wildman–Crippen MR) is 115 cm³/mol. The van der Waals surface area contributed by atoms with Gasteiger partial charge in [-0.05, 0) is 50.2 Å². The monoisotopic (exact) mass is 426 g/mol. The first-order chi connectivity index (χ1) is 13.0. The number of benzene rings is 2. The first kappa shape index (κ1) is 22.3. The number of hydrogen-bond acceptors (Lipinski definition) is 7. The van der Waals surface area contributed by atoms with Crippen LogP contribution in [0.15, 0.2) is 56.0 Å². The Balaban J connectivity index is 2.22. The summed E-state index contributed by atoms with van der Waals surface area (Å²) in [7, 11) is 6.80. The van der Waals surface area contributed by atoms with Gasteiger partial charge in [0.25, 0.3) is 0 Å². The van der Waals surface area contributed by atoms with Gasteiger partial charge >= 0.3 is 0 Å². The van der Waals surface area contributed by atoms with Crippen LogP contribution in [-0.2, 0) is 9.47 Å². The Morgan fingerprint density at radius 1 is 0.667 bits per heavy atom. The molecule has 27 heavy (non-hydrogen) atoms. The third-order valence-electron chi connectivity index (χ3n) is 3.76. The minimum Gasteiger partial charge on any atom is -0.496 e. The largest absolute Gasteiger partial charge is 0.496 e. The third-order valence-corrected chi connectivity index (χ3v) is 6.97. The lowest BCUT2D eigenvalue weighted by atomic mass is 10.3. The van der Waals surface area contributed by atoms with Gasteiger partial charge in [0.1, 0.15) is 22.4 Å². The smallest absolute Gasteiger partial charge is 0.133 e. The fourth-order valence-corrected chi connectivity index (χ4v) is 4.81. The topological polar surface area (TPSA) is 36.9 Å².